The topological polar surface area (TPSA) is 15.3 Å². The number of rotatable bonds is 6. The highest BCUT2D eigenvalue weighted by atomic mass is 35.5. The van der Waals surface area contributed by atoms with Gasteiger partial charge in [0.1, 0.15) is 0 Å². The SMILES string of the molecule is Clc1ccccc1CCNC1CCN(Cc2ccccc2)CC1. The van der Waals surface area contributed by atoms with Crippen LogP contribution in [-0.2, 0) is 13.0 Å². The zero-order valence-corrected chi connectivity index (χ0v) is 14.3. The summed E-state index contributed by atoms with van der Waals surface area (Å²) >= 11 is 6.21. The quantitative estimate of drug-likeness (QED) is 0.857. The molecule has 0 unspecified atom stereocenters. The van der Waals surface area contributed by atoms with Crippen molar-refractivity contribution in [2.75, 3.05) is 19.6 Å². The molecule has 0 spiro atoms. The van der Waals surface area contributed by atoms with Gasteiger partial charge in [0.25, 0.3) is 0 Å². The van der Waals surface area contributed by atoms with E-state index >= 15 is 0 Å². The molecule has 1 aliphatic heterocycles. The average molecular weight is 329 g/mol. The van der Waals surface area contributed by atoms with Crippen molar-refractivity contribution in [2.24, 2.45) is 0 Å². The highest BCUT2D eigenvalue weighted by Gasteiger charge is 2.18. The minimum atomic E-state index is 0.643. The fourth-order valence-corrected chi connectivity index (χ4v) is 3.48. The van der Waals surface area contributed by atoms with Gasteiger partial charge in [-0.25, -0.2) is 0 Å². The third-order valence-electron chi connectivity index (χ3n) is 4.62. The van der Waals surface area contributed by atoms with Crippen molar-refractivity contribution in [1.29, 1.82) is 0 Å². The van der Waals surface area contributed by atoms with Gasteiger partial charge in [0.2, 0.25) is 0 Å². The number of piperidine rings is 1. The largest absolute Gasteiger partial charge is 0.314 e. The van der Waals surface area contributed by atoms with Crippen LogP contribution < -0.4 is 5.32 Å². The summed E-state index contributed by atoms with van der Waals surface area (Å²) in [7, 11) is 0. The summed E-state index contributed by atoms with van der Waals surface area (Å²) in [6, 6.07) is 19.5. The van der Waals surface area contributed by atoms with Gasteiger partial charge in [-0.3, -0.25) is 4.90 Å². The Hall–Kier alpha value is -1.35. The maximum Gasteiger partial charge on any atom is 0.0438 e. The first-order chi connectivity index (χ1) is 11.3. The van der Waals surface area contributed by atoms with Crippen molar-refractivity contribution in [2.45, 2.75) is 31.8 Å². The summed E-state index contributed by atoms with van der Waals surface area (Å²) in [6.45, 7) is 4.44. The maximum absolute atomic E-state index is 6.21. The lowest BCUT2D eigenvalue weighted by Gasteiger charge is -2.32. The van der Waals surface area contributed by atoms with Crippen LogP contribution in [-0.4, -0.2) is 30.6 Å². The molecule has 0 amide bonds. The highest BCUT2D eigenvalue weighted by molar-refractivity contribution is 6.31. The monoisotopic (exact) mass is 328 g/mol. The predicted octanol–water partition coefficient (Wildman–Crippen LogP) is 4.14. The zero-order chi connectivity index (χ0) is 15.9. The molecule has 3 rings (SSSR count). The van der Waals surface area contributed by atoms with Gasteiger partial charge in [0.15, 0.2) is 0 Å². The predicted molar refractivity (Wildman–Crippen MR) is 97.9 cm³/mol. The second-order valence-corrected chi connectivity index (χ2v) is 6.74. The number of hydrogen-bond donors (Lipinski definition) is 1. The number of benzene rings is 2. The van der Waals surface area contributed by atoms with Gasteiger partial charge < -0.3 is 5.32 Å². The standard InChI is InChI=1S/C20H25ClN2/c21-20-9-5-4-8-18(20)10-13-22-19-11-14-23(15-12-19)16-17-6-2-1-3-7-17/h1-9,19,22H,10-16H2. The Balaban J connectivity index is 1.37. The summed E-state index contributed by atoms with van der Waals surface area (Å²) in [5.41, 5.74) is 2.65. The van der Waals surface area contributed by atoms with Crippen LogP contribution in [0.2, 0.25) is 5.02 Å². The van der Waals surface area contributed by atoms with Crippen LogP contribution in [0.1, 0.15) is 24.0 Å². The molecule has 0 saturated carbocycles. The van der Waals surface area contributed by atoms with Crippen molar-refractivity contribution in [3.63, 3.8) is 0 Å². The first-order valence-corrected chi connectivity index (χ1v) is 8.92. The van der Waals surface area contributed by atoms with E-state index in [0.29, 0.717) is 6.04 Å². The number of likely N-dealkylation sites (tertiary alicyclic amines) is 1. The van der Waals surface area contributed by atoms with Gasteiger partial charge in [0, 0.05) is 17.6 Å². The van der Waals surface area contributed by atoms with Gasteiger partial charge in [-0.2, -0.15) is 0 Å². The number of nitrogens with one attached hydrogen (secondary N) is 1. The summed E-state index contributed by atoms with van der Waals surface area (Å²) in [5, 5.41) is 4.58. The maximum atomic E-state index is 6.21. The molecule has 1 heterocycles. The molecule has 23 heavy (non-hydrogen) atoms. The van der Waals surface area contributed by atoms with Gasteiger partial charge in [0.05, 0.1) is 0 Å². The van der Waals surface area contributed by atoms with Crippen LogP contribution in [0.15, 0.2) is 54.6 Å². The smallest absolute Gasteiger partial charge is 0.0438 e. The third-order valence-corrected chi connectivity index (χ3v) is 4.99. The fourth-order valence-electron chi connectivity index (χ4n) is 3.25. The van der Waals surface area contributed by atoms with E-state index in [4.69, 9.17) is 11.6 Å². The summed E-state index contributed by atoms with van der Waals surface area (Å²) in [6.07, 6.45) is 3.47. The van der Waals surface area contributed by atoms with Gasteiger partial charge in [-0.05, 0) is 56.1 Å². The van der Waals surface area contributed by atoms with Crippen LogP contribution in [0.25, 0.3) is 0 Å². The molecule has 1 saturated heterocycles. The van der Waals surface area contributed by atoms with Crippen molar-refractivity contribution >= 4 is 11.6 Å². The van der Waals surface area contributed by atoms with Crippen LogP contribution in [0, 0.1) is 0 Å². The Morgan fingerprint density at radius 2 is 1.65 bits per heavy atom. The number of nitrogens with zero attached hydrogens (tertiary/aromatic N) is 1. The van der Waals surface area contributed by atoms with Gasteiger partial charge in [-0.1, -0.05) is 60.1 Å². The second kappa shape index (κ2) is 8.49. The molecule has 2 aromatic carbocycles. The summed E-state index contributed by atoms with van der Waals surface area (Å²) < 4.78 is 0. The highest BCUT2D eigenvalue weighted by Crippen LogP contribution is 2.16. The van der Waals surface area contributed by atoms with Crippen molar-refractivity contribution in [1.82, 2.24) is 10.2 Å². The van der Waals surface area contributed by atoms with Crippen molar-refractivity contribution in [3.8, 4) is 0 Å². The molecule has 0 radical (unpaired) electrons. The molecule has 0 aromatic heterocycles. The van der Waals surface area contributed by atoms with E-state index < -0.39 is 0 Å². The molecule has 1 fully saturated rings. The molecular formula is C20H25ClN2. The van der Waals surface area contributed by atoms with E-state index in [9.17, 15) is 0 Å². The lowest BCUT2D eigenvalue weighted by molar-refractivity contribution is 0.191. The second-order valence-electron chi connectivity index (χ2n) is 6.33. The van der Waals surface area contributed by atoms with Crippen molar-refractivity contribution in [3.05, 3.63) is 70.7 Å². The van der Waals surface area contributed by atoms with Crippen molar-refractivity contribution < 1.29 is 0 Å². The zero-order valence-electron chi connectivity index (χ0n) is 13.5. The minimum Gasteiger partial charge on any atom is -0.314 e. The van der Waals surface area contributed by atoms with Crippen LogP contribution in [0.5, 0.6) is 0 Å². The van der Waals surface area contributed by atoms with E-state index in [1.807, 2.05) is 12.1 Å². The number of halogens is 1. The normalized spacial score (nSPS) is 16.6. The van der Waals surface area contributed by atoms with Crippen LogP contribution >= 0.6 is 11.6 Å². The molecule has 0 bridgehead atoms. The molecule has 2 aromatic rings. The summed E-state index contributed by atoms with van der Waals surface area (Å²) in [4.78, 5) is 2.56. The lowest BCUT2D eigenvalue weighted by Crippen LogP contribution is -2.42. The lowest BCUT2D eigenvalue weighted by atomic mass is 10.0. The van der Waals surface area contributed by atoms with Crippen LogP contribution in [0.4, 0.5) is 0 Å². The van der Waals surface area contributed by atoms with E-state index in [1.54, 1.807) is 0 Å². The molecule has 1 aliphatic rings. The third kappa shape index (κ3) is 5.07. The van der Waals surface area contributed by atoms with E-state index in [0.717, 1.165) is 24.5 Å². The fraction of sp³-hybridized carbons (Fsp3) is 0.400. The Kier molecular flexibility index (Phi) is 6.09. The molecule has 1 N–H and O–H groups in total. The van der Waals surface area contributed by atoms with E-state index in [1.165, 1.54) is 37.1 Å². The minimum absolute atomic E-state index is 0.643. The average Bonchev–Trinajstić information content (AvgIpc) is 2.59. The molecule has 0 aliphatic carbocycles. The van der Waals surface area contributed by atoms with E-state index in [-0.39, 0.29) is 0 Å². The Morgan fingerprint density at radius 1 is 0.957 bits per heavy atom. The van der Waals surface area contributed by atoms with E-state index in [2.05, 4.69) is 52.7 Å². The molecule has 0 atom stereocenters. The van der Waals surface area contributed by atoms with Gasteiger partial charge in [-0.15, -0.1) is 0 Å². The molecule has 122 valence electrons. The summed E-state index contributed by atoms with van der Waals surface area (Å²) in [5.74, 6) is 0. The Morgan fingerprint density at radius 3 is 2.39 bits per heavy atom. The number of hydrogen-bond acceptors (Lipinski definition) is 2. The van der Waals surface area contributed by atoms with Crippen LogP contribution in [0.3, 0.4) is 0 Å². The first-order valence-electron chi connectivity index (χ1n) is 8.54. The molecule has 3 heteroatoms. The molecular weight excluding hydrogens is 304 g/mol. The first kappa shape index (κ1) is 16.5. The molecule has 2 nitrogen and oxygen atoms in total. The van der Waals surface area contributed by atoms with Gasteiger partial charge >= 0.3 is 0 Å². The Labute approximate surface area is 144 Å². The Bertz CT molecular complexity index is 592.